The third kappa shape index (κ3) is 3.70. The number of hydrogen-bond acceptors (Lipinski definition) is 6. The van der Waals surface area contributed by atoms with Gasteiger partial charge in [-0.2, -0.15) is 0 Å². The molecule has 7 nitrogen and oxygen atoms in total. The van der Waals surface area contributed by atoms with Gasteiger partial charge < -0.3 is 4.90 Å². The van der Waals surface area contributed by atoms with Gasteiger partial charge in [-0.25, -0.2) is 0 Å². The van der Waals surface area contributed by atoms with E-state index in [0.29, 0.717) is 21.5 Å². The number of benzene rings is 2. The molecule has 144 valence electrons. The van der Waals surface area contributed by atoms with E-state index < -0.39 is 0 Å². The second-order valence-electron chi connectivity index (χ2n) is 6.44. The second kappa shape index (κ2) is 8.20. The van der Waals surface area contributed by atoms with Gasteiger partial charge in [0.1, 0.15) is 0 Å². The number of halogens is 1. The van der Waals surface area contributed by atoms with Crippen molar-refractivity contribution in [3.63, 3.8) is 0 Å². The van der Waals surface area contributed by atoms with Crippen LogP contribution >= 0.6 is 23.4 Å². The minimum Gasteiger partial charge on any atom is -0.341 e. The van der Waals surface area contributed by atoms with Crippen molar-refractivity contribution in [2.24, 2.45) is 0 Å². The SMILES string of the molecule is O=[N+]([O-])c1ccccc1CSc1nnc(N2CCCC2)n1-c1ccccc1Cl. The number of anilines is 1. The number of thioether (sulfide) groups is 1. The Balaban J connectivity index is 1.70. The van der Waals surface area contributed by atoms with E-state index in [1.807, 2.05) is 28.8 Å². The van der Waals surface area contributed by atoms with Crippen LogP contribution < -0.4 is 4.90 Å². The Bertz CT molecular complexity index is 1000. The molecular formula is C19H18ClN5O2S. The van der Waals surface area contributed by atoms with Crippen LogP contribution in [0.1, 0.15) is 18.4 Å². The first-order chi connectivity index (χ1) is 13.6. The highest BCUT2D eigenvalue weighted by atomic mass is 35.5. The first-order valence-corrected chi connectivity index (χ1v) is 10.3. The van der Waals surface area contributed by atoms with E-state index in [-0.39, 0.29) is 10.6 Å². The second-order valence-corrected chi connectivity index (χ2v) is 7.79. The third-order valence-corrected chi connectivity index (χ3v) is 5.94. The molecule has 1 aliphatic rings. The molecule has 0 amide bonds. The van der Waals surface area contributed by atoms with E-state index in [1.165, 1.54) is 17.8 Å². The van der Waals surface area contributed by atoms with Crippen LogP contribution in [0, 0.1) is 10.1 Å². The van der Waals surface area contributed by atoms with Crippen molar-refractivity contribution in [3.8, 4) is 5.69 Å². The summed E-state index contributed by atoms with van der Waals surface area (Å²) < 4.78 is 1.95. The zero-order valence-electron chi connectivity index (χ0n) is 15.0. The highest BCUT2D eigenvalue weighted by Crippen LogP contribution is 2.34. The predicted octanol–water partition coefficient (Wildman–Crippen LogP) is 4.72. The van der Waals surface area contributed by atoms with Gasteiger partial charge in [-0.15, -0.1) is 10.2 Å². The molecule has 2 aromatic carbocycles. The summed E-state index contributed by atoms with van der Waals surface area (Å²) in [6.45, 7) is 1.86. The van der Waals surface area contributed by atoms with Crippen molar-refractivity contribution in [3.05, 3.63) is 69.2 Å². The van der Waals surface area contributed by atoms with Gasteiger partial charge >= 0.3 is 0 Å². The molecule has 0 spiro atoms. The van der Waals surface area contributed by atoms with Gasteiger partial charge in [0, 0.05) is 30.5 Å². The Hall–Kier alpha value is -2.58. The molecule has 0 aliphatic carbocycles. The molecule has 28 heavy (non-hydrogen) atoms. The lowest BCUT2D eigenvalue weighted by Gasteiger charge is -2.19. The molecule has 9 heteroatoms. The van der Waals surface area contributed by atoms with Crippen LogP contribution in [0.2, 0.25) is 5.02 Å². The Morgan fingerprint density at radius 2 is 1.79 bits per heavy atom. The molecule has 2 heterocycles. The van der Waals surface area contributed by atoms with Crippen LogP contribution in [-0.4, -0.2) is 32.8 Å². The van der Waals surface area contributed by atoms with E-state index in [0.717, 1.165) is 37.6 Å². The summed E-state index contributed by atoms with van der Waals surface area (Å²) in [7, 11) is 0. The molecule has 3 aromatic rings. The maximum Gasteiger partial charge on any atom is 0.273 e. The van der Waals surface area contributed by atoms with E-state index >= 15 is 0 Å². The van der Waals surface area contributed by atoms with Crippen LogP contribution in [0.25, 0.3) is 5.69 Å². The molecular weight excluding hydrogens is 398 g/mol. The summed E-state index contributed by atoms with van der Waals surface area (Å²) in [6, 6.07) is 14.3. The topological polar surface area (TPSA) is 77.1 Å². The Labute approximate surface area is 171 Å². The average Bonchev–Trinajstić information content (AvgIpc) is 3.36. The Kier molecular flexibility index (Phi) is 5.50. The fourth-order valence-corrected chi connectivity index (χ4v) is 4.43. The highest BCUT2D eigenvalue weighted by molar-refractivity contribution is 7.98. The van der Waals surface area contributed by atoms with Gasteiger partial charge in [0.25, 0.3) is 5.69 Å². The van der Waals surface area contributed by atoms with Gasteiger partial charge in [0.2, 0.25) is 5.95 Å². The molecule has 0 saturated carbocycles. The number of aromatic nitrogens is 3. The smallest absolute Gasteiger partial charge is 0.273 e. The molecule has 0 unspecified atom stereocenters. The molecule has 0 atom stereocenters. The van der Waals surface area contributed by atoms with Crippen molar-refractivity contribution >= 4 is 35.0 Å². The number of nitro benzene ring substituents is 1. The fourth-order valence-electron chi connectivity index (χ4n) is 3.27. The lowest BCUT2D eigenvalue weighted by molar-refractivity contribution is -0.385. The summed E-state index contributed by atoms with van der Waals surface area (Å²) in [6.07, 6.45) is 2.24. The molecule has 0 radical (unpaired) electrons. The zero-order chi connectivity index (χ0) is 19.5. The normalized spacial score (nSPS) is 13.8. The maximum atomic E-state index is 11.3. The Morgan fingerprint density at radius 1 is 1.07 bits per heavy atom. The van der Waals surface area contributed by atoms with Gasteiger partial charge in [0.05, 0.1) is 15.6 Å². The van der Waals surface area contributed by atoms with E-state index in [4.69, 9.17) is 11.6 Å². The summed E-state index contributed by atoms with van der Waals surface area (Å²) in [4.78, 5) is 13.1. The maximum absolute atomic E-state index is 11.3. The lowest BCUT2D eigenvalue weighted by atomic mass is 10.2. The quantitative estimate of drug-likeness (QED) is 0.329. The first-order valence-electron chi connectivity index (χ1n) is 8.95. The van der Waals surface area contributed by atoms with Crippen LogP contribution in [0.5, 0.6) is 0 Å². The number of nitrogens with zero attached hydrogens (tertiary/aromatic N) is 5. The van der Waals surface area contributed by atoms with E-state index in [1.54, 1.807) is 18.2 Å². The molecule has 1 fully saturated rings. The summed E-state index contributed by atoms with van der Waals surface area (Å²) in [5.74, 6) is 1.18. The van der Waals surface area contributed by atoms with Crippen LogP contribution in [-0.2, 0) is 5.75 Å². The van der Waals surface area contributed by atoms with Crippen molar-refractivity contribution in [2.75, 3.05) is 18.0 Å². The summed E-state index contributed by atoms with van der Waals surface area (Å²) >= 11 is 7.87. The highest BCUT2D eigenvalue weighted by Gasteiger charge is 2.24. The monoisotopic (exact) mass is 415 g/mol. The van der Waals surface area contributed by atoms with Gasteiger partial charge in [0.15, 0.2) is 5.16 Å². The van der Waals surface area contributed by atoms with Crippen molar-refractivity contribution in [1.82, 2.24) is 14.8 Å². The molecule has 0 bridgehead atoms. The van der Waals surface area contributed by atoms with Gasteiger partial charge in [-0.05, 0) is 25.0 Å². The number of para-hydroxylation sites is 2. The lowest BCUT2D eigenvalue weighted by Crippen LogP contribution is -2.22. The molecule has 1 aromatic heterocycles. The van der Waals surface area contributed by atoms with Crippen LogP contribution in [0.4, 0.5) is 11.6 Å². The number of hydrogen-bond donors (Lipinski definition) is 0. The van der Waals surface area contributed by atoms with Gasteiger partial charge in [-0.3, -0.25) is 14.7 Å². The number of rotatable bonds is 6. The molecule has 1 aliphatic heterocycles. The number of nitro groups is 1. The molecule has 4 rings (SSSR count). The fraction of sp³-hybridized carbons (Fsp3) is 0.263. The van der Waals surface area contributed by atoms with Crippen molar-refractivity contribution < 1.29 is 4.92 Å². The van der Waals surface area contributed by atoms with Gasteiger partial charge in [-0.1, -0.05) is 53.7 Å². The summed E-state index contributed by atoms with van der Waals surface area (Å²) in [5.41, 5.74) is 1.56. The average molecular weight is 416 g/mol. The van der Waals surface area contributed by atoms with Crippen LogP contribution in [0.15, 0.2) is 53.7 Å². The third-order valence-electron chi connectivity index (χ3n) is 4.64. The molecule has 1 saturated heterocycles. The van der Waals surface area contributed by atoms with E-state index in [9.17, 15) is 10.1 Å². The largest absolute Gasteiger partial charge is 0.341 e. The standard InChI is InChI=1S/C19H18ClN5O2S/c20-15-8-2-4-10-17(15)24-18(23-11-5-6-12-23)21-22-19(24)28-13-14-7-1-3-9-16(14)25(26)27/h1-4,7-10H,5-6,11-13H2. The molecule has 0 N–H and O–H groups in total. The van der Waals surface area contributed by atoms with Crippen LogP contribution in [0.3, 0.4) is 0 Å². The minimum atomic E-state index is -0.357. The minimum absolute atomic E-state index is 0.110. The zero-order valence-corrected chi connectivity index (χ0v) is 16.6. The van der Waals surface area contributed by atoms with E-state index in [2.05, 4.69) is 15.1 Å². The van der Waals surface area contributed by atoms with Crippen molar-refractivity contribution in [1.29, 1.82) is 0 Å². The Morgan fingerprint density at radius 3 is 2.54 bits per heavy atom. The summed E-state index contributed by atoms with van der Waals surface area (Å²) in [5, 5.41) is 21.3. The van der Waals surface area contributed by atoms with Crippen molar-refractivity contribution in [2.45, 2.75) is 23.8 Å². The predicted molar refractivity (Wildman–Crippen MR) is 110 cm³/mol. The first kappa shape index (κ1) is 18.8.